The number of carbonyl (C=O) groups is 1. The quantitative estimate of drug-likeness (QED) is 0.598. The van der Waals surface area contributed by atoms with Crippen molar-refractivity contribution in [2.24, 2.45) is 0 Å². The van der Waals surface area contributed by atoms with E-state index < -0.39 is 5.97 Å². The average Bonchev–Trinajstić information content (AvgIpc) is 2.93. The first kappa shape index (κ1) is 14.0. The summed E-state index contributed by atoms with van der Waals surface area (Å²) >= 11 is 0. The monoisotopic (exact) mass is 268 g/mol. The fraction of sp³-hybridized carbons (Fsp3) is 0.615. The maximum atomic E-state index is 11.2. The number of ether oxygens (including phenoxy) is 2. The predicted octanol–water partition coefficient (Wildman–Crippen LogP) is 0.488. The van der Waals surface area contributed by atoms with Crippen molar-refractivity contribution < 1.29 is 18.7 Å². The molecule has 6 nitrogen and oxygen atoms in total. The van der Waals surface area contributed by atoms with E-state index in [2.05, 4.69) is 15.0 Å². The van der Waals surface area contributed by atoms with Crippen LogP contribution in [0.5, 0.6) is 0 Å². The van der Waals surface area contributed by atoms with Crippen molar-refractivity contribution in [2.45, 2.75) is 6.54 Å². The van der Waals surface area contributed by atoms with Gasteiger partial charge in [0.25, 0.3) is 0 Å². The summed E-state index contributed by atoms with van der Waals surface area (Å²) in [4.78, 5) is 13.6. The molecule has 19 heavy (non-hydrogen) atoms. The topological polar surface area (TPSA) is 63.9 Å². The maximum Gasteiger partial charge on any atom is 0.373 e. The van der Waals surface area contributed by atoms with Crippen molar-refractivity contribution in [1.29, 1.82) is 0 Å². The van der Waals surface area contributed by atoms with E-state index >= 15 is 0 Å². The number of carbonyl (C=O) groups excluding carboxylic acids is 1. The SMILES string of the molecule is COC(=O)c1ccc(CNCCN2CCOCC2)o1. The Hall–Kier alpha value is -1.37. The molecule has 2 heterocycles. The Morgan fingerprint density at radius 2 is 2.21 bits per heavy atom. The molecule has 0 bridgehead atoms. The Bertz CT molecular complexity index is 399. The molecule has 0 atom stereocenters. The van der Waals surface area contributed by atoms with Crippen molar-refractivity contribution in [3.63, 3.8) is 0 Å². The van der Waals surface area contributed by atoms with E-state index in [0.717, 1.165) is 45.2 Å². The highest BCUT2D eigenvalue weighted by Crippen LogP contribution is 2.08. The number of morpholine rings is 1. The lowest BCUT2D eigenvalue weighted by Crippen LogP contribution is -2.40. The highest BCUT2D eigenvalue weighted by atomic mass is 16.5. The molecule has 0 aliphatic carbocycles. The van der Waals surface area contributed by atoms with Crippen molar-refractivity contribution in [3.05, 3.63) is 23.7 Å². The third-order valence-electron chi connectivity index (χ3n) is 3.06. The summed E-state index contributed by atoms with van der Waals surface area (Å²) in [6, 6.07) is 3.42. The van der Waals surface area contributed by atoms with Crippen LogP contribution in [0.2, 0.25) is 0 Å². The van der Waals surface area contributed by atoms with Crippen LogP contribution in [-0.4, -0.2) is 57.4 Å². The molecule has 1 aliphatic heterocycles. The Morgan fingerprint density at radius 1 is 1.42 bits per heavy atom. The molecule has 1 fully saturated rings. The van der Waals surface area contributed by atoms with Crippen LogP contribution in [0.4, 0.5) is 0 Å². The molecular weight excluding hydrogens is 248 g/mol. The van der Waals surface area contributed by atoms with Gasteiger partial charge in [-0.25, -0.2) is 4.79 Å². The number of esters is 1. The van der Waals surface area contributed by atoms with Gasteiger partial charge in [0.05, 0.1) is 26.9 Å². The maximum absolute atomic E-state index is 11.2. The molecule has 0 amide bonds. The Labute approximate surface area is 112 Å². The second-order valence-electron chi connectivity index (χ2n) is 4.39. The first-order chi connectivity index (χ1) is 9.29. The molecule has 0 saturated carbocycles. The van der Waals surface area contributed by atoms with E-state index in [0.29, 0.717) is 6.54 Å². The van der Waals surface area contributed by atoms with Crippen LogP contribution < -0.4 is 5.32 Å². The second kappa shape index (κ2) is 7.28. The van der Waals surface area contributed by atoms with Crippen LogP contribution in [0.15, 0.2) is 16.5 Å². The lowest BCUT2D eigenvalue weighted by atomic mass is 10.4. The molecule has 1 N–H and O–H groups in total. The number of hydrogen-bond donors (Lipinski definition) is 1. The van der Waals surface area contributed by atoms with E-state index in [1.165, 1.54) is 7.11 Å². The highest BCUT2D eigenvalue weighted by Gasteiger charge is 2.11. The smallest absolute Gasteiger partial charge is 0.373 e. The minimum Gasteiger partial charge on any atom is -0.463 e. The van der Waals surface area contributed by atoms with Gasteiger partial charge in [-0.05, 0) is 12.1 Å². The van der Waals surface area contributed by atoms with E-state index in [9.17, 15) is 4.79 Å². The lowest BCUT2D eigenvalue weighted by molar-refractivity contribution is 0.0383. The molecule has 1 aromatic rings. The summed E-state index contributed by atoms with van der Waals surface area (Å²) in [6.45, 7) is 6.12. The first-order valence-electron chi connectivity index (χ1n) is 6.47. The highest BCUT2D eigenvalue weighted by molar-refractivity contribution is 5.86. The molecule has 1 aliphatic rings. The van der Waals surface area contributed by atoms with E-state index in [4.69, 9.17) is 9.15 Å². The van der Waals surface area contributed by atoms with Gasteiger partial charge >= 0.3 is 5.97 Å². The zero-order valence-corrected chi connectivity index (χ0v) is 11.2. The van der Waals surface area contributed by atoms with Gasteiger partial charge in [0.15, 0.2) is 0 Å². The van der Waals surface area contributed by atoms with E-state index in [-0.39, 0.29) is 5.76 Å². The van der Waals surface area contributed by atoms with Gasteiger partial charge in [0.1, 0.15) is 5.76 Å². The van der Waals surface area contributed by atoms with E-state index in [1.807, 2.05) is 0 Å². The average molecular weight is 268 g/mol. The predicted molar refractivity (Wildman–Crippen MR) is 69.0 cm³/mol. The molecule has 2 rings (SSSR count). The molecule has 106 valence electrons. The Kier molecular flexibility index (Phi) is 5.38. The van der Waals surface area contributed by atoms with Crippen molar-refractivity contribution in [2.75, 3.05) is 46.5 Å². The number of nitrogens with zero attached hydrogens (tertiary/aromatic N) is 1. The van der Waals surface area contributed by atoms with Gasteiger partial charge in [-0.3, -0.25) is 4.90 Å². The van der Waals surface area contributed by atoms with Gasteiger partial charge < -0.3 is 19.2 Å². The minimum atomic E-state index is -0.445. The van der Waals surface area contributed by atoms with Crippen LogP contribution in [-0.2, 0) is 16.0 Å². The number of methoxy groups -OCH3 is 1. The van der Waals surface area contributed by atoms with Crippen LogP contribution in [0, 0.1) is 0 Å². The zero-order chi connectivity index (χ0) is 13.5. The summed E-state index contributed by atoms with van der Waals surface area (Å²) in [7, 11) is 1.34. The summed E-state index contributed by atoms with van der Waals surface area (Å²) in [5, 5.41) is 3.29. The molecule has 1 saturated heterocycles. The normalized spacial score (nSPS) is 16.5. The largest absolute Gasteiger partial charge is 0.463 e. The second-order valence-corrected chi connectivity index (χ2v) is 4.39. The fourth-order valence-corrected chi connectivity index (χ4v) is 1.96. The zero-order valence-electron chi connectivity index (χ0n) is 11.2. The Balaban J connectivity index is 1.65. The van der Waals surface area contributed by atoms with Gasteiger partial charge in [0.2, 0.25) is 5.76 Å². The molecule has 0 unspecified atom stereocenters. The standard InChI is InChI=1S/C13H20N2O4/c1-17-13(16)12-3-2-11(19-12)10-14-4-5-15-6-8-18-9-7-15/h2-3,14H,4-10H2,1H3. The molecular formula is C13H20N2O4. The van der Waals surface area contributed by atoms with Gasteiger partial charge in [-0.1, -0.05) is 0 Å². The third-order valence-corrected chi connectivity index (χ3v) is 3.06. The van der Waals surface area contributed by atoms with Gasteiger partial charge in [-0.15, -0.1) is 0 Å². The summed E-state index contributed by atoms with van der Waals surface area (Å²) in [5.74, 6) is 0.537. The number of nitrogens with one attached hydrogen (secondary N) is 1. The summed E-state index contributed by atoms with van der Waals surface area (Å²) in [5.41, 5.74) is 0. The van der Waals surface area contributed by atoms with Crippen LogP contribution in [0.25, 0.3) is 0 Å². The summed E-state index contributed by atoms with van der Waals surface area (Å²) < 4.78 is 15.2. The van der Waals surface area contributed by atoms with Gasteiger partial charge in [-0.2, -0.15) is 0 Å². The minimum absolute atomic E-state index is 0.243. The van der Waals surface area contributed by atoms with Crippen molar-refractivity contribution >= 4 is 5.97 Å². The molecule has 0 spiro atoms. The molecule has 0 aromatic carbocycles. The molecule has 6 heteroatoms. The van der Waals surface area contributed by atoms with Gasteiger partial charge in [0, 0.05) is 26.2 Å². The first-order valence-corrected chi connectivity index (χ1v) is 6.47. The van der Waals surface area contributed by atoms with Crippen LogP contribution in [0.3, 0.4) is 0 Å². The fourth-order valence-electron chi connectivity index (χ4n) is 1.96. The Morgan fingerprint density at radius 3 is 2.95 bits per heavy atom. The summed E-state index contributed by atoms with van der Waals surface area (Å²) in [6.07, 6.45) is 0. The lowest BCUT2D eigenvalue weighted by Gasteiger charge is -2.26. The molecule has 0 radical (unpaired) electrons. The van der Waals surface area contributed by atoms with E-state index in [1.54, 1.807) is 12.1 Å². The number of furan rings is 1. The number of hydrogen-bond acceptors (Lipinski definition) is 6. The van der Waals surface area contributed by atoms with Crippen molar-refractivity contribution in [1.82, 2.24) is 10.2 Å². The third kappa shape index (κ3) is 4.34. The van der Waals surface area contributed by atoms with Crippen molar-refractivity contribution in [3.8, 4) is 0 Å². The van der Waals surface area contributed by atoms with Crippen LogP contribution >= 0.6 is 0 Å². The number of rotatable bonds is 6. The van der Waals surface area contributed by atoms with Crippen LogP contribution in [0.1, 0.15) is 16.3 Å². The molecule has 1 aromatic heterocycles.